The zero-order valence-electron chi connectivity index (χ0n) is 16.6. The molecule has 2 heterocycles. The molecule has 0 saturated carbocycles. The lowest BCUT2D eigenvalue weighted by Gasteiger charge is -2.12. The molecule has 2 amide bonds. The van der Waals surface area contributed by atoms with E-state index in [0.29, 0.717) is 10.3 Å². The number of nitrogens with zero attached hydrogens (tertiary/aromatic N) is 2. The summed E-state index contributed by atoms with van der Waals surface area (Å²) < 4.78 is 29.5. The zero-order valence-corrected chi connectivity index (χ0v) is 18.2. The Hall–Kier alpha value is -4.12. The maximum absolute atomic E-state index is 14.2. The van der Waals surface area contributed by atoms with Gasteiger partial charge in [0.1, 0.15) is 23.1 Å². The van der Waals surface area contributed by atoms with Crippen molar-refractivity contribution in [3.63, 3.8) is 0 Å². The van der Waals surface area contributed by atoms with Gasteiger partial charge in [-0.15, -0.1) is 0 Å². The van der Waals surface area contributed by atoms with Gasteiger partial charge in [-0.05, 0) is 52.3 Å². The molecule has 4 rings (SSSR count). The van der Waals surface area contributed by atoms with Crippen LogP contribution in [-0.2, 0) is 0 Å². The number of nitrogens with one attached hydrogen (secondary N) is 3. The fourth-order valence-corrected chi connectivity index (χ4v) is 3.34. The minimum absolute atomic E-state index is 0.0310. The first kappa shape index (κ1) is 22.1. The monoisotopic (exact) mass is 513 g/mol. The normalized spacial score (nSPS) is 10.6. The highest BCUT2D eigenvalue weighted by Crippen LogP contribution is 2.25. The predicted octanol–water partition coefficient (Wildman–Crippen LogP) is 4.11. The number of carbonyl (C=O) groups is 2. The molecule has 0 bridgehead atoms. The van der Waals surface area contributed by atoms with Crippen molar-refractivity contribution >= 4 is 39.2 Å². The van der Waals surface area contributed by atoms with Gasteiger partial charge < -0.3 is 10.6 Å². The highest BCUT2D eigenvalue weighted by molar-refractivity contribution is 9.10. The molecule has 0 spiro atoms. The summed E-state index contributed by atoms with van der Waals surface area (Å²) in [4.78, 5) is 37.5. The molecule has 4 aromatic rings. The Kier molecular flexibility index (Phi) is 6.13. The van der Waals surface area contributed by atoms with Gasteiger partial charge in [0, 0.05) is 28.4 Å². The van der Waals surface area contributed by atoms with Gasteiger partial charge in [0.15, 0.2) is 0 Å². The second kappa shape index (κ2) is 9.17. The van der Waals surface area contributed by atoms with Crippen molar-refractivity contribution in [3.05, 3.63) is 105 Å². The summed E-state index contributed by atoms with van der Waals surface area (Å²) in [6.45, 7) is 0. The zero-order chi connectivity index (χ0) is 23.5. The molecule has 0 aliphatic carbocycles. The van der Waals surface area contributed by atoms with E-state index in [0.717, 1.165) is 29.0 Å². The molecular weight excluding hydrogens is 500 g/mol. The SMILES string of the molecule is O=C(Nc1ccn[nH]1)c1ccc(Br)c(NC(=O)c2ccc(=O)n(-c3c(F)cccc3F)c2)c1. The van der Waals surface area contributed by atoms with E-state index in [-0.39, 0.29) is 16.8 Å². The van der Waals surface area contributed by atoms with Gasteiger partial charge in [-0.1, -0.05) is 6.07 Å². The molecule has 2 aromatic carbocycles. The van der Waals surface area contributed by atoms with Gasteiger partial charge in [-0.25, -0.2) is 8.78 Å². The first-order valence-electron chi connectivity index (χ1n) is 9.42. The summed E-state index contributed by atoms with van der Waals surface area (Å²) in [5.41, 5.74) is -0.810. The number of amides is 2. The maximum atomic E-state index is 14.2. The minimum Gasteiger partial charge on any atom is -0.321 e. The van der Waals surface area contributed by atoms with Crippen molar-refractivity contribution < 1.29 is 18.4 Å². The first-order valence-corrected chi connectivity index (χ1v) is 10.2. The lowest BCUT2D eigenvalue weighted by molar-refractivity contribution is 0.101. The molecule has 0 atom stereocenters. The topological polar surface area (TPSA) is 109 Å². The first-order chi connectivity index (χ1) is 15.8. The van der Waals surface area contributed by atoms with Crippen LogP contribution < -0.4 is 16.2 Å². The standard InChI is InChI=1S/C22H14BrF2N5O3/c23-14-6-4-12(21(32)28-18-8-9-26-29-18)10-17(14)27-22(33)13-5-7-19(31)30(11-13)20-15(24)2-1-3-16(20)25/h1-11H,(H,27,33)(H2,26,28,29,32). The second-order valence-corrected chi connectivity index (χ2v) is 7.62. The number of anilines is 2. The minimum atomic E-state index is -0.951. The molecule has 0 saturated heterocycles. The molecule has 3 N–H and O–H groups in total. The van der Waals surface area contributed by atoms with Crippen LogP contribution in [0.3, 0.4) is 0 Å². The summed E-state index contributed by atoms with van der Waals surface area (Å²) in [6.07, 6.45) is 2.53. The molecule has 8 nitrogen and oxygen atoms in total. The third-order valence-corrected chi connectivity index (χ3v) is 5.27. The van der Waals surface area contributed by atoms with Crippen LogP contribution in [0.25, 0.3) is 5.69 Å². The van der Waals surface area contributed by atoms with E-state index < -0.39 is 34.7 Å². The third-order valence-electron chi connectivity index (χ3n) is 4.58. The van der Waals surface area contributed by atoms with Crippen LogP contribution in [-0.4, -0.2) is 26.6 Å². The number of aromatic nitrogens is 3. The van der Waals surface area contributed by atoms with E-state index in [1.807, 2.05) is 0 Å². The summed E-state index contributed by atoms with van der Waals surface area (Å²) in [5, 5.41) is 11.6. The van der Waals surface area contributed by atoms with Gasteiger partial charge in [0.05, 0.1) is 17.4 Å². The highest BCUT2D eigenvalue weighted by Gasteiger charge is 2.16. The van der Waals surface area contributed by atoms with Crippen molar-refractivity contribution in [1.29, 1.82) is 0 Å². The number of benzene rings is 2. The number of H-pyrrole nitrogens is 1. The number of hydrogen-bond donors (Lipinski definition) is 3. The largest absolute Gasteiger partial charge is 0.321 e. The molecule has 11 heteroatoms. The summed E-state index contributed by atoms with van der Waals surface area (Å²) in [6, 6.07) is 11.6. The average molecular weight is 514 g/mol. The van der Waals surface area contributed by atoms with Crippen LogP contribution in [0.4, 0.5) is 20.3 Å². The van der Waals surface area contributed by atoms with Crippen molar-refractivity contribution in [2.45, 2.75) is 0 Å². The maximum Gasteiger partial charge on any atom is 0.257 e. The van der Waals surface area contributed by atoms with Crippen LogP contribution in [0.1, 0.15) is 20.7 Å². The second-order valence-electron chi connectivity index (χ2n) is 6.77. The molecule has 0 unspecified atom stereocenters. The number of para-hydroxylation sites is 1. The predicted molar refractivity (Wildman–Crippen MR) is 121 cm³/mol. The van der Waals surface area contributed by atoms with Gasteiger partial charge in [0.2, 0.25) is 0 Å². The summed E-state index contributed by atoms with van der Waals surface area (Å²) in [7, 11) is 0. The molecule has 0 fully saturated rings. The number of aromatic amines is 1. The van der Waals surface area contributed by atoms with E-state index in [1.165, 1.54) is 24.4 Å². The average Bonchev–Trinajstić information content (AvgIpc) is 3.29. The smallest absolute Gasteiger partial charge is 0.257 e. The molecule has 166 valence electrons. The highest BCUT2D eigenvalue weighted by atomic mass is 79.9. The fraction of sp³-hybridized carbons (Fsp3) is 0. The van der Waals surface area contributed by atoms with E-state index in [9.17, 15) is 23.2 Å². The summed E-state index contributed by atoms with van der Waals surface area (Å²) >= 11 is 3.31. The van der Waals surface area contributed by atoms with Crippen molar-refractivity contribution in [2.75, 3.05) is 10.6 Å². The fourth-order valence-electron chi connectivity index (χ4n) is 2.99. The van der Waals surface area contributed by atoms with E-state index in [2.05, 4.69) is 36.8 Å². The van der Waals surface area contributed by atoms with Gasteiger partial charge in [-0.2, -0.15) is 5.10 Å². The molecule has 2 aromatic heterocycles. The quantitative estimate of drug-likeness (QED) is 0.373. The molecule has 0 aliphatic rings. The van der Waals surface area contributed by atoms with E-state index in [4.69, 9.17) is 0 Å². The van der Waals surface area contributed by atoms with Crippen LogP contribution in [0, 0.1) is 11.6 Å². The Balaban J connectivity index is 1.61. The van der Waals surface area contributed by atoms with Gasteiger partial charge in [-0.3, -0.25) is 24.0 Å². The molecular formula is C22H14BrF2N5O3. The Bertz CT molecular complexity index is 1400. The van der Waals surface area contributed by atoms with Gasteiger partial charge >= 0.3 is 0 Å². The van der Waals surface area contributed by atoms with E-state index in [1.54, 1.807) is 18.2 Å². The Morgan fingerprint density at radius 2 is 1.64 bits per heavy atom. The summed E-state index contributed by atoms with van der Waals surface area (Å²) in [5.74, 6) is -2.60. The van der Waals surface area contributed by atoms with Gasteiger partial charge in [0.25, 0.3) is 17.4 Å². The lowest BCUT2D eigenvalue weighted by Crippen LogP contribution is -2.22. The van der Waals surface area contributed by atoms with Crippen molar-refractivity contribution in [3.8, 4) is 5.69 Å². The number of rotatable bonds is 5. The number of carbonyl (C=O) groups excluding carboxylic acids is 2. The van der Waals surface area contributed by atoms with Crippen LogP contribution in [0.5, 0.6) is 0 Å². The van der Waals surface area contributed by atoms with Crippen LogP contribution >= 0.6 is 15.9 Å². The Morgan fingerprint density at radius 1 is 0.939 bits per heavy atom. The van der Waals surface area contributed by atoms with Crippen LogP contribution in [0.2, 0.25) is 0 Å². The molecule has 0 aliphatic heterocycles. The molecule has 0 radical (unpaired) electrons. The van der Waals surface area contributed by atoms with Crippen molar-refractivity contribution in [1.82, 2.24) is 14.8 Å². The number of halogens is 3. The molecule has 33 heavy (non-hydrogen) atoms. The number of hydrogen-bond acceptors (Lipinski definition) is 4. The third kappa shape index (κ3) is 4.72. The number of pyridine rings is 1. The van der Waals surface area contributed by atoms with Crippen LogP contribution in [0.15, 0.2) is 76.3 Å². The Labute approximate surface area is 193 Å². The van der Waals surface area contributed by atoms with E-state index >= 15 is 0 Å². The van der Waals surface area contributed by atoms with Crippen molar-refractivity contribution in [2.24, 2.45) is 0 Å². The Morgan fingerprint density at radius 3 is 2.33 bits per heavy atom. The lowest BCUT2D eigenvalue weighted by atomic mass is 10.1.